The molecule has 1 aliphatic rings. The molecule has 0 saturated carbocycles. The normalized spacial score (nSPS) is 15.5. The quantitative estimate of drug-likeness (QED) is 0.595. The molecular formula is C24H24N2O3S. The summed E-state index contributed by atoms with van der Waals surface area (Å²) in [6.07, 6.45) is 2.97. The van der Waals surface area contributed by atoms with Crippen LogP contribution in [0.4, 0.5) is 0 Å². The third-order valence-electron chi connectivity index (χ3n) is 5.20. The number of hydrogen-bond acceptors (Lipinski definition) is 4. The van der Waals surface area contributed by atoms with Gasteiger partial charge < -0.3 is 14.6 Å². The molecule has 1 unspecified atom stereocenters. The second-order valence-electron chi connectivity index (χ2n) is 7.27. The summed E-state index contributed by atoms with van der Waals surface area (Å²) in [4.78, 5) is 28.5. The number of furan rings is 1. The lowest BCUT2D eigenvalue weighted by molar-refractivity contribution is -0.121. The summed E-state index contributed by atoms with van der Waals surface area (Å²) >= 11 is 1.55. The van der Waals surface area contributed by atoms with Crippen molar-refractivity contribution in [2.45, 2.75) is 29.0 Å². The van der Waals surface area contributed by atoms with E-state index in [-0.39, 0.29) is 23.1 Å². The van der Waals surface area contributed by atoms with Crippen LogP contribution in [0.15, 0.2) is 88.4 Å². The minimum Gasteiger partial charge on any atom is -0.459 e. The number of carbonyl (C=O) groups is 2. The van der Waals surface area contributed by atoms with E-state index in [1.807, 2.05) is 60.7 Å². The van der Waals surface area contributed by atoms with E-state index < -0.39 is 0 Å². The minimum atomic E-state index is -0.323. The van der Waals surface area contributed by atoms with E-state index in [0.717, 1.165) is 23.3 Å². The van der Waals surface area contributed by atoms with E-state index in [4.69, 9.17) is 4.42 Å². The lowest BCUT2D eigenvalue weighted by Gasteiger charge is -2.32. The van der Waals surface area contributed by atoms with E-state index in [2.05, 4.69) is 5.32 Å². The van der Waals surface area contributed by atoms with Crippen molar-refractivity contribution in [3.8, 4) is 0 Å². The summed E-state index contributed by atoms with van der Waals surface area (Å²) in [7, 11) is 0. The van der Waals surface area contributed by atoms with E-state index in [0.29, 0.717) is 18.8 Å². The number of hydrogen-bond donors (Lipinski definition) is 1. The SMILES string of the molecule is O=C(NC1CCN(C(=O)c2ccco2)CC1)C(Sc1ccccc1)c1ccccc1. The molecular weight excluding hydrogens is 396 g/mol. The first-order valence-corrected chi connectivity index (χ1v) is 11.0. The monoisotopic (exact) mass is 420 g/mol. The molecule has 3 aromatic rings. The van der Waals surface area contributed by atoms with Crippen molar-refractivity contribution < 1.29 is 14.0 Å². The van der Waals surface area contributed by atoms with Crippen LogP contribution in [0.5, 0.6) is 0 Å². The molecule has 0 aliphatic carbocycles. The molecule has 1 fully saturated rings. The van der Waals surface area contributed by atoms with Gasteiger partial charge in [0.2, 0.25) is 5.91 Å². The first-order valence-electron chi connectivity index (χ1n) is 10.1. The van der Waals surface area contributed by atoms with E-state index >= 15 is 0 Å². The Bertz CT molecular complexity index is 953. The summed E-state index contributed by atoms with van der Waals surface area (Å²) in [5.74, 6) is 0.276. The van der Waals surface area contributed by atoms with Gasteiger partial charge in [0.1, 0.15) is 5.25 Å². The summed E-state index contributed by atoms with van der Waals surface area (Å²) in [5, 5.41) is 2.89. The highest BCUT2D eigenvalue weighted by atomic mass is 32.2. The van der Waals surface area contributed by atoms with Gasteiger partial charge in [0.05, 0.1) is 6.26 Å². The Labute approximate surface area is 180 Å². The Morgan fingerprint density at radius 2 is 1.60 bits per heavy atom. The molecule has 2 amide bonds. The summed E-state index contributed by atoms with van der Waals surface area (Å²) in [6.45, 7) is 1.21. The number of likely N-dealkylation sites (tertiary alicyclic amines) is 1. The van der Waals surface area contributed by atoms with E-state index in [9.17, 15) is 9.59 Å². The molecule has 154 valence electrons. The Hall–Kier alpha value is -2.99. The molecule has 1 N–H and O–H groups in total. The number of amides is 2. The number of piperidine rings is 1. The number of thioether (sulfide) groups is 1. The Balaban J connectivity index is 1.39. The number of nitrogens with one attached hydrogen (secondary N) is 1. The Morgan fingerprint density at radius 3 is 2.23 bits per heavy atom. The third-order valence-corrected chi connectivity index (χ3v) is 6.46. The maximum atomic E-state index is 13.2. The molecule has 4 rings (SSSR count). The van der Waals surface area contributed by atoms with Crippen LogP contribution in [0.1, 0.15) is 34.2 Å². The standard InChI is InChI=1S/C24H24N2O3S/c27-23(22(18-8-3-1-4-9-18)30-20-10-5-2-6-11-20)25-19-13-15-26(16-14-19)24(28)21-12-7-17-29-21/h1-12,17,19,22H,13-16H2,(H,25,27). The van der Waals surface area contributed by atoms with Crippen LogP contribution < -0.4 is 5.32 Å². The lowest BCUT2D eigenvalue weighted by atomic mass is 10.0. The topological polar surface area (TPSA) is 62.6 Å². The molecule has 1 saturated heterocycles. The second kappa shape index (κ2) is 9.67. The fourth-order valence-corrected chi connectivity index (χ4v) is 4.65. The van der Waals surface area contributed by atoms with E-state index in [1.54, 1.807) is 28.8 Å². The highest BCUT2D eigenvalue weighted by Gasteiger charge is 2.29. The average Bonchev–Trinajstić information content (AvgIpc) is 3.34. The third kappa shape index (κ3) is 4.94. The van der Waals surface area contributed by atoms with Crippen LogP contribution in [0, 0.1) is 0 Å². The number of rotatable bonds is 6. The Morgan fingerprint density at radius 1 is 0.933 bits per heavy atom. The first kappa shape index (κ1) is 20.3. The van der Waals surface area contributed by atoms with Crippen molar-refractivity contribution in [1.29, 1.82) is 0 Å². The fourth-order valence-electron chi connectivity index (χ4n) is 3.60. The summed E-state index contributed by atoms with van der Waals surface area (Å²) in [6, 6.07) is 23.3. The first-order chi connectivity index (χ1) is 14.7. The predicted molar refractivity (Wildman–Crippen MR) is 117 cm³/mol. The number of carbonyl (C=O) groups excluding carboxylic acids is 2. The zero-order valence-corrected chi connectivity index (χ0v) is 17.4. The Kier molecular flexibility index (Phi) is 6.54. The molecule has 2 aromatic carbocycles. The van der Waals surface area contributed by atoms with Crippen LogP contribution in [0.3, 0.4) is 0 Å². The van der Waals surface area contributed by atoms with Gasteiger partial charge in [-0.25, -0.2) is 0 Å². The number of nitrogens with zero attached hydrogens (tertiary/aromatic N) is 1. The van der Waals surface area contributed by atoms with Gasteiger partial charge >= 0.3 is 0 Å². The largest absolute Gasteiger partial charge is 0.459 e. The molecule has 0 bridgehead atoms. The second-order valence-corrected chi connectivity index (χ2v) is 8.45. The van der Waals surface area contributed by atoms with Crippen molar-refractivity contribution in [3.05, 3.63) is 90.4 Å². The van der Waals surface area contributed by atoms with Crippen LogP contribution in [-0.4, -0.2) is 35.8 Å². The van der Waals surface area contributed by atoms with Crippen LogP contribution in [0.25, 0.3) is 0 Å². The summed E-state index contributed by atoms with van der Waals surface area (Å²) < 4.78 is 5.21. The maximum Gasteiger partial charge on any atom is 0.289 e. The van der Waals surface area contributed by atoms with Gasteiger partial charge in [0.25, 0.3) is 5.91 Å². The molecule has 30 heavy (non-hydrogen) atoms. The molecule has 6 heteroatoms. The van der Waals surface area contributed by atoms with Crippen molar-refractivity contribution in [2.75, 3.05) is 13.1 Å². The molecule has 0 radical (unpaired) electrons. The molecule has 0 spiro atoms. The molecule has 1 aromatic heterocycles. The lowest BCUT2D eigenvalue weighted by Crippen LogP contribution is -2.47. The van der Waals surface area contributed by atoms with Crippen molar-refractivity contribution >= 4 is 23.6 Å². The van der Waals surface area contributed by atoms with Gasteiger partial charge in [0.15, 0.2) is 5.76 Å². The molecule has 5 nitrogen and oxygen atoms in total. The van der Waals surface area contributed by atoms with Crippen molar-refractivity contribution in [3.63, 3.8) is 0 Å². The van der Waals surface area contributed by atoms with Crippen molar-refractivity contribution in [1.82, 2.24) is 10.2 Å². The fraction of sp³-hybridized carbons (Fsp3) is 0.250. The molecule has 1 aliphatic heterocycles. The summed E-state index contributed by atoms with van der Waals surface area (Å²) in [5.41, 5.74) is 0.981. The predicted octanol–water partition coefficient (Wildman–Crippen LogP) is 4.53. The molecule has 1 atom stereocenters. The van der Waals surface area contributed by atoms with Gasteiger partial charge in [-0.1, -0.05) is 48.5 Å². The van der Waals surface area contributed by atoms with Crippen LogP contribution >= 0.6 is 11.8 Å². The number of benzene rings is 2. The zero-order chi connectivity index (χ0) is 20.8. The van der Waals surface area contributed by atoms with Crippen LogP contribution in [0.2, 0.25) is 0 Å². The smallest absolute Gasteiger partial charge is 0.289 e. The van der Waals surface area contributed by atoms with Gasteiger partial charge in [-0.3, -0.25) is 9.59 Å². The van der Waals surface area contributed by atoms with Crippen LogP contribution in [-0.2, 0) is 4.79 Å². The average molecular weight is 421 g/mol. The van der Waals surface area contributed by atoms with Crippen molar-refractivity contribution in [2.24, 2.45) is 0 Å². The van der Waals surface area contributed by atoms with Gasteiger partial charge in [-0.05, 0) is 42.7 Å². The zero-order valence-electron chi connectivity index (χ0n) is 16.6. The highest BCUT2D eigenvalue weighted by molar-refractivity contribution is 8.00. The van der Waals surface area contributed by atoms with E-state index in [1.165, 1.54) is 6.26 Å². The van der Waals surface area contributed by atoms with Gasteiger partial charge in [0, 0.05) is 24.0 Å². The van der Waals surface area contributed by atoms with Gasteiger partial charge in [-0.2, -0.15) is 0 Å². The molecule has 2 heterocycles. The maximum absolute atomic E-state index is 13.2. The highest BCUT2D eigenvalue weighted by Crippen LogP contribution is 2.35. The minimum absolute atomic E-state index is 0.00543. The van der Waals surface area contributed by atoms with Gasteiger partial charge in [-0.15, -0.1) is 11.8 Å².